The van der Waals surface area contributed by atoms with Gasteiger partial charge < -0.3 is 15.5 Å². The van der Waals surface area contributed by atoms with Gasteiger partial charge in [-0.05, 0) is 31.4 Å². The summed E-state index contributed by atoms with van der Waals surface area (Å²) in [4.78, 5) is 35.9. The highest BCUT2D eigenvalue weighted by atomic mass is 35.5. The van der Waals surface area contributed by atoms with Gasteiger partial charge in [-0.2, -0.15) is 0 Å². The summed E-state index contributed by atoms with van der Waals surface area (Å²) in [5.41, 5.74) is 8.66. The molecule has 9 nitrogen and oxygen atoms in total. The number of imidazole rings is 1. The molecule has 1 aliphatic carbocycles. The molecular formula is C23H21ClN8O. The van der Waals surface area contributed by atoms with Crippen LogP contribution in [-0.4, -0.2) is 35.2 Å². The molecule has 1 saturated carbocycles. The van der Waals surface area contributed by atoms with Gasteiger partial charge in [-0.1, -0.05) is 30.9 Å². The Morgan fingerprint density at radius 2 is 2.09 bits per heavy atom. The predicted molar refractivity (Wildman–Crippen MR) is 124 cm³/mol. The van der Waals surface area contributed by atoms with Gasteiger partial charge in [0.25, 0.3) is 0 Å². The second-order valence-corrected chi connectivity index (χ2v) is 9.27. The highest BCUT2D eigenvalue weighted by Gasteiger charge is 2.48. The topological polar surface area (TPSA) is 124 Å². The van der Waals surface area contributed by atoms with Crippen LogP contribution in [0.3, 0.4) is 0 Å². The van der Waals surface area contributed by atoms with Crippen molar-refractivity contribution in [2.24, 2.45) is 5.92 Å². The molecule has 166 valence electrons. The zero-order valence-electron chi connectivity index (χ0n) is 17.9. The van der Waals surface area contributed by atoms with Crippen LogP contribution in [0.1, 0.15) is 43.1 Å². The van der Waals surface area contributed by atoms with Crippen molar-refractivity contribution >= 4 is 34.8 Å². The molecule has 1 amide bonds. The van der Waals surface area contributed by atoms with Crippen LogP contribution < -0.4 is 11.1 Å². The lowest BCUT2D eigenvalue weighted by molar-refractivity contribution is -0.119. The number of nitrogens with zero attached hydrogens (tertiary/aromatic N) is 6. The van der Waals surface area contributed by atoms with Gasteiger partial charge in [0.1, 0.15) is 22.7 Å². The molecule has 1 atom stereocenters. The van der Waals surface area contributed by atoms with Crippen molar-refractivity contribution in [2.45, 2.75) is 38.0 Å². The molecule has 2 aliphatic rings. The standard InChI is InChI=1S/C23H21ClN8O/c1-23(16-6-5-13(24)10-27-16)17-18(25)29-19(30-20(17)31-22(23)33)15-11-32-8-7-26-21(32)14(28-15)9-12-3-2-4-12/h5-8,10-12H,2-4,9H2,1H3,(H3,25,29,30,31,33). The van der Waals surface area contributed by atoms with Gasteiger partial charge in [0.05, 0.1) is 22.0 Å². The molecular weight excluding hydrogens is 440 g/mol. The first-order valence-electron chi connectivity index (χ1n) is 10.9. The van der Waals surface area contributed by atoms with E-state index in [-0.39, 0.29) is 11.7 Å². The molecule has 6 rings (SSSR count). The molecule has 0 bridgehead atoms. The van der Waals surface area contributed by atoms with Crippen molar-refractivity contribution in [3.05, 3.63) is 58.9 Å². The van der Waals surface area contributed by atoms with Crippen LogP contribution >= 0.6 is 11.6 Å². The van der Waals surface area contributed by atoms with Gasteiger partial charge >= 0.3 is 0 Å². The van der Waals surface area contributed by atoms with E-state index in [1.807, 2.05) is 16.8 Å². The summed E-state index contributed by atoms with van der Waals surface area (Å²) in [5.74, 6) is 1.29. The van der Waals surface area contributed by atoms with E-state index in [0.29, 0.717) is 39.5 Å². The third-order valence-electron chi connectivity index (χ3n) is 6.74. The van der Waals surface area contributed by atoms with Crippen LogP contribution in [0.15, 0.2) is 36.9 Å². The van der Waals surface area contributed by atoms with Gasteiger partial charge in [-0.15, -0.1) is 0 Å². The van der Waals surface area contributed by atoms with E-state index in [2.05, 4.69) is 25.3 Å². The molecule has 4 aromatic rings. The number of nitrogen functional groups attached to an aromatic ring is 1. The average Bonchev–Trinajstić information content (AvgIpc) is 3.34. The lowest BCUT2D eigenvalue weighted by Gasteiger charge is -2.25. The fraction of sp³-hybridized carbons (Fsp3) is 0.304. The van der Waals surface area contributed by atoms with Crippen LogP contribution in [0.25, 0.3) is 17.2 Å². The van der Waals surface area contributed by atoms with Crippen LogP contribution in [0.5, 0.6) is 0 Å². The Labute approximate surface area is 194 Å². The number of hydrogen-bond donors (Lipinski definition) is 2. The van der Waals surface area contributed by atoms with Crippen molar-refractivity contribution in [1.82, 2.24) is 29.3 Å². The average molecular weight is 461 g/mol. The fourth-order valence-electron chi connectivity index (χ4n) is 4.65. The number of aromatic nitrogens is 6. The molecule has 0 spiro atoms. The van der Waals surface area contributed by atoms with Crippen molar-refractivity contribution in [1.29, 1.82) is 0 Å². The second kappa shape index (κ2) is 7.21. The number of nitrogens with two attached hydrogens (primary N) is 1. The quantitative estimate of drug-likeness (QED) is 0.478. The summed E-state index contributed by atoms with van der Waals surface area (Å²) in [6, 6.07) is 3.41. The second-order valence-electron chi connectivity index (χ2n) is 8.83. The lowest BCUT2D eigenvalue weighted by atomic mass is 9.81. The minimum absolute atomic E-state index is 0.209. The maximum absolute atomic E-state index is 13.1. The van der Waals surface area contributed by atoms with E-state index in [0.717, 1.165) is 17.8 Å². The number of nitrogens with one attached hydrogen (secondary N) is 1. The fourth-order valence-corrected chi connectivity index (χ4v) is 4.76. The Morgan fingerprint density at radius 3 is 2.82 bits per heavy atom. The third kappa shape index (κ3) is 3.06. The van der Waals surface area contributed by atoms with Gasteiger partial charge in [0.2, 0.25) is 5.91 Å². The maximum atomic E-state index is 13.1. The number of hydrogen-bond acceptors (Lipinski definition) is 7. The number of amides is 1. The monoisotopic (exact) mass is 460 g/mol. The van der Waals surface area contributed by atoms with Gasteiger partial charge in [0, 0.05) is 24.8 Å². The first-order chi connectivity index (χ1) is 15.9. The Kier molecular flexibility index (Phi) is 4.38. The lowest BCUT2D eigenvalue weighted by Crippen LogP contribution is -2.33. The van der Waals surface area contributed by atoms with Gasteiger partial charge in [-0.25, -0.2) is 19.9 Å². The SMILES string of the molecule is CC1(c2ccc(Cl)cn2)C(=O)Nc2nc(-c3cn4ccnc4c(CC4CCC4)n3)nc(N)c21. The van der Waals surface area contributed by atoms with Crippen LogP contribution in [-0.2, 0) is 16.6 Å². The normalized spacial score (nSPS) is 20.0. The first kappa shape index (κ1) is 20.0. The summed E-state index contributed by atoms with van der Waals surface area (Å²) in [7, 11) is 0. The zero-order chi connectivity index (χ0) is 22.7. The summed E-state index contributed by atoms with van der Waals surface area (Å²) in [6.07, 6.45) is 11.5. The van der Waals surface area contributed by atoms with Crippen LogP contribution in [0, 0.1) is 5.92 Å². The molecule has 5 heterocycles. The summed E-state index contributed by atoms with van der Waals surface area (Å²) in [6.45, 7) is 1.76. The molecule has 1 unspecified atom stereocenters. The van der Waals surface area contributed by atoms with Crippen LogP contribution in [0.4, 0.5) is 11.6 Å². The molecule has 0 radical (unpaired) electrons. The van der Waals surface area contributed by atoms with E-state index in [4.69, 9.17) is 22.3 Å². The number of carbonyl (C=O) groups excluding carboxylic acids is 1. The van der Waals surface area contributed by atoms with E-state index >= 15 is 0 Å². The highest BCUT2D eigenvalue weighted by molar-refractivity contribution is 6.30. The molecule has 10 heteroatoms. The number of pyridine rings is 1. The summed E-state index contributed by atoms with van der Waals surface area (Å²) in [5, 5.41) is 3.34. The number of carbonyl (C=O) groups is 1. The minimum Gasteiger partial charge on any atom is -0.383 e. The molecule has 33 heavy (non-hydrogen) atoms. The summed E-state index contributed by atoms with van der Waals surface area (Å²) < 4.78 is 1.93. The number of fused-ring (bicyclic) bond motifs is 2. The van der Waals surface area contributed by atoms with Gasteiger partial charge in [-0.3, -0.25) is 9.78 Å². The Hall–Kier alpha value is -3.59. The van der Waals surface area contributed by atoms with E-state index < -0.39 is 5.41 Å². The van der Waals surface area contributed by atoms with Crippen molar-refractivity contribution in [3.8, 4) is 11.5 Å². The Morgan fingerprint density at radius 1 is 1.24 bits per heavy atom. The summed E-state index contributed by atoms with van der Waals surface area (Å²) >= 11 is 5.98. The Bertz CT molecular complexity index is 1410. The molecule has 3 N–H and O–H groups in total. The molecule has 4 aromatic heterocycles. The first-order valence-corrected chi connectivity index (χ1v) is 11.3. The zero-order valence-corrected chi connectivity index (χ0v) is 18.7. The molecule has 1 fully saturated rings. The van der Waals surface area contributed by atoms with E-state index in [1.165, 1.54) is 25.5 Å². The molecule has 0 aromatic carbocycles. The molecule has 0 saturated heterocycles. The maximum Gasteiger partial charge on any atom is 0.242 e. The minimum atomic E-state index is -1.13. The third-order valence-corrected chi connectivity index (χ3v) is 6.97. The number of anilines is 2. The van der Waals surface area contributed by atoms with Crippen molar-refractivity contribution in [3.63, 3.8) is 0 Å². The van der Waals surface area contributed by atoms with E-state index in [1.54, 1.807) is 25.3 Å². The van der Waals surface area contributed by atoms with Crippen molar-refractivity contribution in [2.75, 3.05) is 11.1 Å². The Balaban J connectivity index is 1.46. The predicted octanol–water partition coefficient (Wildman–Crippen LogP) is 3.42. The smallest absolute Gasteiger partial charge is 0.242 e. The van der Waals surface area contributed by atoms with Gasteiger partial charge in [0.15, 0.2) is 11.5 Å². The number of rotatable bonds is 4. The van der Waals surface area contributed by atoms with Crippen molar-refractivity contribution < 1.29 is 4.79 Å². The van der Waals surface area contributed by atoms with Crippen LogP contribution in [0.2, 0.25) is 5.02 Å². The largest absolute Gasteiger partial charge is 0.383 e. The highest BCUT2D eigenvalue weighted by Crippen LogP contribution is 2.44. The number of halogens is 1. The molecule has 1 aliphatic heterocycles. The van der Waals surface area contributed by atoms with E-state index in [9.17, 15) is 4.79 Å².